The molecule has 0 fully saturated rings. The van der Waals surface area contributed by atoms with Crippen molar-refractivity contribution in [1.29, 1.82) is 0 Å². The molecule has 0 saturated carbocycles. The Hall–Kier alpha value is -4.05. The maximum atomic E-state index is 13.5. The van der Waals surface area contributed by atoms with Gasteiger partial charge in [-0.25, -0.2) is 19.2 Å². The smallest absolute Gasteiger partial charge is 0.410 e. The second-order valence-electron chi connectivity index (χ2n) is 8.94. The first-order valence-corrected chi connectivity index (χ1v) is 12.5. The fourth-order valence-electron chi connectivity index (χ4n) is 4.64. The molecule has 1 unspecified atom stereocenters. The Balaban J connectivity index is 1.18. The number of aromatic amines is 1. The van der Waals surface area contributed by atoms with Gasteiger partial charge in [-0.2, -0.15) is 5.10 Å². The zero-order valence-electron chi connectivity index (χ0n) is 19.5. The van der Waals surface area contributed by atoms with Crippen molar-refractivity contribution in [3.8, 4) is 0 Å². The molecular formula is C26H23FN6O2S. The van der Waals surface area contributed by atoms with Gasteiger partial charge in [-0.05, 0) is 54.3 Å². The maximum absolute atomic E-state index is 13.5. The number of anilines is 2. The van der Waals surface area contributed by atoms with Crippen LogP contribution in [0.15, 0.2) is 55.0 Å². The first kappa shape index (κ1) is 22.4. The van der Waals surface area contributed by atoms with E-state index in [1.807, 2.05) is 18.2 Å². The maximum Gasteiger partial charge on any atom is 0.410 e. The van der Waals surface area contributed by atoms with Gasteiger partial charge < -0.3 is 15.0 Å². The summed E-state index contributed by atoms with van der Waals surface area (Å²) in [5.41, 5.74) is 3.83. The molecule has 6 rings (SSSR count). The summed E-state index contributed by atoms with van der Waals surface area (Å²) >= 11 is 1.62. The molecule has 0 bridgehead atoms. The van der Waals surface area contributed by atoms with Crippen LogP contribution in [0, 0.1) is 5.82 Å². The minimum Gasteiger partial charge on any atom is -0.446 e. The van der Waals surface area contributed by atoms with Crippen molar-refractivity contribution >= 4 is 50.1 Å². The van der Waals surface area contributed by atoms with Crippen LogP contribution in [0.1, 0.15) is 22.4 Å². The van der Waals surface area contributed by atoms with E-state index in [2.05, 4.69) is 25.5 Å². The molecule has 0 saturated heterocycles. The van der Waals surface area contributed by atoms with E-state index in [0.717, 1.165) is 49.5 Å². The minimum absolute atomic E-state index is 0.221. The number of thiophene rings is 1. The Labute approximate surface area is 210 Å². The molecule has 0 spiro atoms. The molecule has 3 heterocycles. The molecule has 1 atom stereocenters. The number of carbonyl (C=O) groups is 1. The number of halogens is 1. The third kappa shape index (κ3) is 4.35. The zero-order valence-corrected chi connectivity index (χ0v) is 20.3. The van der Waals surface area contributed by atoms with Gasteiger partial charge in [0.05, 0.1) is 17.1 Å². The van der Waals surface area contributed by atoms with E-state index in [0.29, 0.717) is 12.8 Å². The molecule has 2 N–H and O–H groups in total. The van der Waals surface area contributed by atoms with E-state index in [1.165, 1.54) is 22.6 Å². The van der Waals surface area contributed by atoms with E-state index in [-0.39, 0.29) is 18.5 Å². The summed E-state index contributed by atoms with van der Waals surface area (Å²) in [6.45, 7) is 0.284. The molecule has 10 heteroatoms. The van der Waals surface area contributed by atoms with Gasteiger partial charge in [0.15, 0.2) is 0 Å². The summed E-state index contributed by atoms with van der Waals surface area (Å²) in [7, 11) is 1.66. The van der Waals surface area contributed by atoms with Gasteiger partial charge in [0.1, 0.15) is 28.9 Å². The predicted molar refractivity (Wildman–Crippen MR) is 137 cm³/mol. The number of aromatic nitrogens is 4. The van der Waals surface area contributed by atoms with Crippen LogP contribution in [0.2, 0.25) is 0 Å². The van der Waals surface area contributed by atoms with Crippen molar-refractivity contribution in [3.63, 3.8) is 0 Å². The molecule has 1 aliphatic carbocycles. The first-order valence-electron chi connectivity index (χ1n) is 11.6. The molecule has 36 heavy (non-hydrogen) atoms. The molecule has 182 valence electrons. The quantitative estimate of drug-likeness (QED) is 0.326. The summed E-state index contributed by atoms with van der Waals surface area (Å²) in [5.74, 6) is 0.448. The number of nitrogens with one attached hydrogen (secondary N) is 2. The lowest BCUT2D eigenvalue weighted by Gasteiger charge is -2.25. The Morgan fingerprint density at radius 1 is 1.28 bits per heavy atom. The van der Waals surface area contributed by atoms with Crippen LogP contribution < -0.4 is 5.32 Å². The molecule has 0 aliphatic heterocycles. The average Bonchev–Trinajstić information content (AvgIpc) is 3.48. The Kier molecular flexibility index (Phi) is 5.73. The van der Waals surface area contributed by atoms with Crippen molar-refractivity contribution in [2.75, 3.05) is 12.4 Å². The highest BCUT2D eigenvalue weighted by Gasteiger charge is 2.28. The molecular weight excluding hydrogens is 479 g/mol. The van der Waals surface area contributed by atoms with E-state index < -0.39 is 6.09 Å². The van der Waals surface area contributed by atoms with Gasteiger partial charge in [0.2, 0.25) is 0 Å². The van der Waals surface area contributed by atoms with E-state index >= 15 is 0 Å². The molecule has 8 nitrogen and oxygen atoms in total. The van der Waals surface area contributed by atoms with Crippen LogP contribution >= 0.6 is 11.3 Å². The van der Waals surface area contributed by atoms with Crippen LogP contribution in [-0.2, 0) is 24.1 Å². The van der Waals surface area contributed by atoms with Gasteiger partial charge in [-0.1, -0.05) is 12.1 Å². The number of rotatable bonds is 5. The van der Waals surface area contributed by atoms with Crippen molar-refractivity contribution in [2.24, 2.45) is 0 Å². The van der Waals surface area contributed by atoms with Gasteiger partial charge in [-0.3, -0.25) is 5.10 Å². The van der Waals surface area contributed by atoms with Crippen molar-refractivity contribution in [1.82, 2.24) is 25.1 Å². The Bertz CT molecular complexity index is 1580. The van der Waals surface area contributed by atoms with Crippen LogP contribution in [-0.4, -0.2) is 44.3 Å². The summed E-state index contributed by atoms with van der Waals surface area (Å²) < 4.78 is 19.3. The minimum atomic E-state index is -0.411. The largest absolute Gasteiger partial charge is 0.446 e. The van der Waals surface area contributed by atoms with Crippen molar-refractivity contribution in [2.45, 2.75) is 31.9 Å². The standard InChI is InChI=1S/C26H23FN6O2S/c1-33(13-15-3-2-4-17(27)9-15)26(34)35-19-6-7-20-22(11-19)36-25-23(20)24(28-14-29-25)31-18-5-8-21-16(10-18)12-30-32-21/h2-5,8-10,12,14,19H,6-7,11,13H2,1H3,(H,30,32)(H,28,29,31). The fraction of sp³-hybridized carbons (Fsp3) is 0.231. The van der Waals surface area contributed by atoms with Crippen LogP contribution in [0.3, 0.4) is 0 Å². The second kappa shape index (κ2) is 9.19. The normalized spacial score (nSPS) is 15.1. The lowest BCUT2D eigenvalue weighted by molar-refractivity contribution is 0.0616. The molecule has 5 aromatic rings. The van der Waals surface area contributed by atoms with Gasteiger partial charge in [0, 0.05) is 36.0 Å². The summed E-state index contributed by atoms with van der Waals surface area (Å²) in [6.07, 6.45) is 4.85. The fourth-order valence-corrected chi connectivity index (χ4v) is 5.89. The van der Waals surface area contributed by atoms with Crippen molar-refractivity contribution in [3.05, 3.63) is 76.8 Å². The van der Waals surface area contributed by atoms with Crippen LogP contribution in [0.5, 0.6) is 0 Å². The number of benzene rings is 2. The topological polar surface area (TPSA) is 96.0 Å². The molecule has 0 radical (unpaired) electrons. The monoisotopic (exact) mass is 502 g/mol. The predicted octanol–water partition coefficient (Wildman–Crippen LogP) is 5.58. The molecule has 3 aromatic heterocycles. The number of amides is 1. The molecule has 2 aromatic carbocycles. The van der Waals surface area contributed by atoms with Gasteiger partial charge >= 0.3 is 6.09 Å². The lowest BCUT2D eigenvalue weighted by atomic mass is 9.94. The van der Waals surface area contributed by atoms with Crippen molar-refractivity contribution < 1.29 is 13.9 Å². The number of hydrogen-bond donors (Lipinski definition) is 2. The van der Waals surface area contributed by atoms with Crippen LogP contribution in [0.4, 0.5) is 20.7 Å². The highest BCUT2D eigenvalue weighted by Crippen LogP contribution is 2.39. The second-order valence-corrected chi connectivity index (χ2v) is 10.0. The van der Waals surface area contributed by atoms with E-state index in [1.54, 1.807) is 43.0 Å². The van der Waals surface area contributed by atoms with Crippen LogP contribution in [0.25, 0.3) is 21.1 Å². The number of nitrogens with zero attached hydrogens (tertiary/aromatic N) is 4. The lowest BCUT2D eigenvalue weighted by Crippen LogP contribution is -2.33. The first-order chi connectivity index (χ1) is 17.5. The summed E-state index contributed by atoms with van der Waals surface area (Å²) in [5, 5.41) is 12.5. The summed E-state index contributed by atoms with van der Waals surface area (Å²) in [6, 6.07) is 12.2. The number of carbonyl (C=O) groups excluding carboxylic acids is 1. The SMILES string of the molecule is CN(Cc1cccc(F)c1)C(=O)OC1CCc2c(sc3ncnc(Nc4ccc5[nH]ncc5c4)c23)C1. The number of ether oxygens (including phenoxy) is 1. The van der Waals surface area contributed by atoms with E-state index in [9.17, 15) is 9.18 Å². The highest BCUT2D eigenvalue weighted by molar-refractivity contribution is 7.19. The Morgan fingerprint density at radius 2 is 2.19 bits per heavy atom. The number of aryl methyl sites for hydroxylation is 1. The van der Waals surface area contributed by atoms with Gasteiger partial charge in [0.25, 0.3) is 0 Å². The average molecular weight is 503 g/mol. The zero-order chi connectivity index (χ0) is 24.6. The third-order valence-electron chi connectivity index (χ3n) is 6.39. The summed E-state index contributed by atoms with van der Waals surface area (Å²) in [4.78, 5) is 25.3. The van der Waals surface area contributed by atoms with Gasteiger partial charge in [-0.15, -0.1) is 11.3 Å². The number of fused-ring (bicyclic) bond motifs is 4. The third-order valence-corrected chi connectivity index (χ3v) is 7.55. The van der Waals surface area contributed by atoms with E-state index in [4.69, 9.17) is 4.74 Å². The number of H-pyrrole nitrogens is 1. The number of hydrogen-bond acceptors (Lipinski definition) is 7. The Morgan fingerprint density at radius 3 is 3.08 bits per heavy atom. The molecule has 1 amide bonds. The highest BCUT2D eigenvalue weighted by atomic mass is 32.1. The molecule has 1 aliphatic rings.